The Morgan fingerprint density at radius 2 is 1.83 bits per heavy atom. The predicted octanol–water partition coefficient (Wildman–Crippen LogP) is 4.31. The first-order valence-corrected chi connectivity index (χ1v) is 13.1. The highest BCUT2D eigenvalue weighted by Gasteiger charge is 2.26. The molecule has 1 aromatic heterocycles. The van der Waals surface area contributed by atoms with E-state index in [4.69, 9.17) is 37.8 Å². The number of rotatable bonds is 10. The Labute approximate surface area is 214 Å². The number of benzene rings is 2. The Hall–Kier alpha value is -2.90. The van der Waals surface area contributed by atoms with Crippen molar-refractivity contribution in [3.63, 3.8) is 0 Å². The molecule has 2 N–H and O–H groups in total. The number of ether oxygens (including phenoxy) is 2. The summed E-state index contributed by atoms with van der Waals surface area (Å²) in [6, 6.07) is 14.9. The third kappa shape index (κ3) is 7.05. The van der Waals surface area contributed by atoms with Crippen molar-refractivity contribution in [2.24, 2.45) is 5.14 Å². The van der Waals surface area contributed by atoms with Crippen molar-refractivity contribution in [3.05, 3.63) is 81.9 Å². The Balaban J connectivity index is 1.75. The maximum Gasteiger partial charge on any atom is 0.216 e. The summed E-state index contributed by atoms with van der Waals surface area (Å²) in [5, 5.41) is 15.0. The van der Waals surface area contributed by atoms with Crippen molar-refractivity contribution in [3.8, 4) is 17.6 Å². The van der Waals surface area contributed by atoms with E-state index in [9.17, 15) is 13.7 Å². The minimum atomic E-state index is -3.72. The van der Waals surface area contributed by atoms with E-state index in [1.54, 1.807) is 18.2 Å². The quantitative estimate of drug-likeness (QED) is 0.383. The number of alkyl halides is 1. The van der Waals surface area contributed by atoms with Crippen molar-refractivity contribution in [2.75, 3.05) is 12.5 Å². The summed E-state index contributed by atoms with van der Waals surface area (Å²) in [4.78, 5) is 8.08. The Morgan fingerprint density at radius 1 is 1.11 bits per heavy atom. The first-order chi connectivity index (χ1) is 16.5. The van der Waals surface area contributed by atoms with Crippen molar-refractivity contribution in [2.45, 2.75) is 31.6 Å². The van der Waals surface area contributed by atoms with Crippen LogP contribution in [0.1, 0.15) is 42.1 Å². The van der Waals surface area contributed by atoms with E-state index < -0.39 is 21.2 Å². The molecule has 35 heavy (non-hydrogen) atoms. The normalized spacial score (nSPS) is 11.7. The number of sulfonamides is 1. The number of hydrogen-bond donors (Lipinski definition) is 1. The Kier molecular flexibility index (Phi) is 8.56. The van der Waals surface area contributed by atoms with E-state index in [1.807, 2.05) is 38.1 Å². The van der Waals surface area contributed by atoms with Crippen LogP contribution in [0.25, 0.3) is 0 Å². The van der Waals surface area contributed by atoms with Gasteiger partial charge in [-0.3, -0.25) is 0 Å². The second-order valence-electron chi connectivity index (χ2n) is 8.19. The molecule has 184 valence electrons. The van der Waals surface area contributed by atoms with Gasteiger partial charge >= 0.3 is 0 Å². The zero-order valence-electron chi connectivity index (χ0n) is 19.2. The monoisotopic (exact) mass is 534 g/mol. The van der Waals surface area contributed by atoms with Gasteiger partial charge in [-0.15, -0.1) is 11.6 Å². The van der Waals surface area contributed by atoms with Gasteiger partial charge in [0, 0.05) is 11.6 Å². The fourth-order valence-corrected chi connectivity index (χ4v) is 4.24. The van der Waals surface area contributed by atoms with Crippen molar-refractivity contribution >= 4 is 33.2 Å². The highest BCUT2D eigenvalue weighted by Crippen LogP contribution is 2.38. The zero-order chi connectivity index (χ0) is 25.6. The second-order valence-corrected chi connectivity index (χ2v) is 10.6. The molecule has 1 heterocycles. The summed E-state index contributed by atoms with van der Waals surface area (Å²) in [6.45, 7) is 4.45. The topological polar surface area (TPSA) is 128 Å². The molecule has 0 unspecified atom stereocenters. The molecule has 0 aliphatic heterocycles. The molecule has 0 bridgehead atoms. The number of halogens is 2. The van der Waals surface area contributed by atoms with Crippen LogP contribution in [-0.4, -0.2) is 30.9 Å². The van der Waals surface area contributed by atoms with Gasteiger partial charge in [-0.05, 0) is 41.5 Å². The Bertz CT molecular complexity index is 1340. The predicted molar refractivity (Wildman–Crippen MR) is 134 cm³/mol. The van der Waals surface area contributed by atoms with Gasteiger partial charge in [-0.1, -0.05) is 37.6 Å². The van der Waals surface area contributed by atoms with Gasteiger partial charge in [0.15, 0.2) is 5.75 Å². The Morgan fingerprint density at radius 3 is 2.46 bits per heavy atom. The number of nitrogens with zero attached hydrogens (tertiary/aromatic N) is 3. The van der Waals surface area contributed by atoms with Crippen LogP contribution in [0, 0.1) is 11.3 Å². The molecule has 8 nitrogen and oxygen atoms in total. The molecule has 0 fully saturated rings. The maximum atomic E-state index is 11.3. The molecule has 3 aromatic rings. The number of nitrogens with two attached hydrogens (primary N) is 1. The summed E-state index contributed by atoms with van der Waals surface area (Å²) >= 11 is 12.1. The van der Waals surface area contributed by atoms with Gasteiger partial charge in [0.1, 0.15) is 36.6 Å². The summed E-state index contributed by atoms with van der Waals surface area (Å²) in [5.74, 6) is 0.894. The van der Waals surface area contributed by atoms with Crippen molar-refractivity contribution < 1.29 is 17.9 Å². The molecule has 0 aliphatic carbocycles. The minimum absolute atomic E-state index is 0.111. The number of nitriles is 1. The average Bonchev–Trinajstić information content (AvgIpc) is 2.81. The second kappa shape index (κ2) is 11.2. The van der Waals surface area contributed by atoms with Crippen LogP contribution < -0.4 is 14.6 Å². The lowest BCUT2D eigenvalue weighted by Gasteiger charge is -2.27. The summed E-state index contributed by atoms with van der Waals surface area (Å²) in [5.41, 5.74) is 2.25. The minimum Gasteiger partial charge on any atom is -0.489 e. The maximum absolute atomic E-state index is 11.3. The standard InChI is InChI=1S/C24H24Cl2N4O4S/c1-24(2,18-11-16(13-27)23(21(26)12-18)33-10-8-25)17-3-5-20(6-4-17)34-14-19-7-9-29-22(30-19)15-35(28,31)32/h3-7,9,11-12H,8,10,14-15H2,1-2H3,(H2,28,31,32). The van der Waals surface area contributed by atoms with E-state index >= 15 is 0 Å². The van der Waals surface area contributed by atoms with Gasteiger partial charge in [0.2, 0.25) is 10.0 Å². The lowest BCUT2D eigenvalue weighted by molar-refractivity contribution is 0.300. The smallest absolute Gasteiger partial charge is 0.216 e. The van der Waals surface area contributed by atoms with Gasteiger partial charge in [0.25, 0.3) is 0 Å². The lowest BCUT2D eigenvalue weighted by atomic mass is 9.77. The average molecular weight is 535 g/mol. The van der Waals surface area contributed by atoms with Crippen molar-refractivity contribution in [1.29, 1.82) is 5.26 Å². The van der Waals surface area contributed by atoms with Crippen LogP contribution in [-0.2, 0) is 27.8 Å². The molecule has 0 amide bonds. The van der Waals surface area contributed by atoms with E-state index in [2.05, 4.69) is 16.0 Å². The highest BCUT2D eigenvalue weighted by molar-refractivity contribution is 7.88. The van der Waals surface area contributed by atoms with Gasteiger partial charge in [0.05, 0.1) is 22.2 Å². The third-order valence-electron chi connectivity index (χ3n) is 5.27. The van der Waals surface area contributed by atoms with E-state index in [-0.39, 0.29) is 24.9 Å². The molecule has 0 spiro atoms. The third-order valence-corrected chi connectivity index (χ3v) is 6.36. The largest absolute Gasteiger partial charge is 0.489 e. The summed E-state index contributed by atoms with van der Waals surface area (Å²) in [6.07, 6.45) is 1.46. The van der Waals surface area contributed by atoms with Gasteiger partial charge in [-0.2, -0.15) is 5.26 Å². The molecule has 0 radical (unpaired) electrons. The van der Waals surface area contributed by atoms with Crippen LogP contribution in [0.4, 0.5) is 0 Å². The lowest BCUT2D eigenvalue weighted by Crippen LogP contribution is -2.19. The molecular weight excluding hydrogens is 511 g/mol. The fourth-order valence-electron chi connectivity index (χ4n) is 3.39. The fraction of sp³-hybridized carbons (Fsp3) is 0.292. The molecule has 0 aliphatic rings. The summed E-state index contributed by atoms with van der Waals surface area (Å²) in [7, 11) is -3.72. The summed E-state index contributed by atoms with van der Waals surface area (Å²) < 4.78 is 33.8. The number of aromatic nitrogens is 2. The first kappa shape index (κ1) is 26.7. The van der Waals surface area contributed by atoms with Crippen LogP contribution in [0.5, 0.6) is 11.5 Å². The van der Waals surface area contributed by atoms with E-state index in [0.29, 0.717) is 27.8 Å². The molecule has 2 aromatic carbocycles. The van der Waals surface area contributed by atoms with Gasteiger partial charge < -0.3 is 9.47 Å². The van der Waals surface area contributed by atoms with Crippen LogP contribution in [0.15, 0.2) is 48.7 Å². The molecule has 0 atom stereocenters. The number of primary sulfonamides is 1. The van der Waals surface area contributed by atoms with Crippen LogP contribution in [0.3, 0.4) is 0 Å². The SMILES string of the molecule is CC(C)(c1ccc(OCc2ccnc(CS(N)(=O)=O)n2)cc1)c1cc(Cl)c(OCCCl)c(C#N)c1. The van der Waals surface area contributed by atoms with Crippen molar-refractivity contribution in [1.82, 2.24) is 9.97 Å². The first-order valence-electron chi connectivity index (χ1n) is 10.5. The van der Waals surface area contributed by atoms with E-state index in [1.165, 1.54) is 6.20 Å². The molecular formula is C24H24Cl2N4O4S. The molecule has 0 saturated heterocycles. The van der Waals surface area contributed by atoms with E-state index in [0.717, 1.165) is 11.1 Å². The zero-order valence-corrected chi connectivity index (χ0v) is 21.5. The van der Waals surface area contributed by atoms with Crippen LogP contribution in [0.2, 0.25) is 5.02 Å². The molecule has 3 rings (SSSR count). The highest BCUT2D eigenvalue weighted by atomic mass is 35.5. The van der Waals surface area contributed by atoms with Gasteiger partial charge in [-0.25, -0.2) is 23.5 Å². The number of hydrogen-bond acceptors (Lipinski definition) is 7. The molecule has 11 heteroatoms. The van der Waals surface area contributed by atoms with Crippen LogP contribution >= 0.6 is 23.2 Å². The molecule has 0 saturated carbocycles.